The molecule has 164 valence electrons. The van der Waals surface area contributed by atoms with Gasteiger partial charge in [0.1, 0.15) is 5.75 Å². The van der Waals surface area contributed by atoms with E-state index in [1.54, 1.807) is 0 Å². The second kappa shape index (κ2) is 8.13. The first kappa shape index (κ1) is 22.1. The Bertz CT molecular complexity index is 1280. The van der Waals surface area contributed by atoms with Gasteiger partial charge >= 0.3 is 0 Å². The van der Waals surface area contributed by atoms with E-state index in [4.69, 9.17) is 0 Å². The van der Waals surface area contributed by atoms with Gasteiger partial charge in [0.25, 0.3) is 0 Å². The topological polar surface area (TPSA) is 20.2 Å². The van der Waals surface area contributed by atoms with Crippen LogP contribution in [-0.4, -0.2) is 5.11 Å². The van der Waals surface area contributed by atoms with Crippen molar-refractivity contribution in [2.75, 3.05) is 0 Å². The molecule has 0 atom stereocenters. The number of phenolic OH excluding ortho intramolecular Hbond substituents is 1. The van der Waals surface area contributed by atoms with Crippen molar-refractivity contribution in [2.24, 2.45) is 0 Å². The third-order valence-corrected chi connectivity index (χ3v) is 6.22. The number of aromatic hydroxyl groups is 1. The molecule has 0 aliphatic heterocycles. The van der Waals surface area contributed by atoms with E-state index in [1.165, 1.54) is 32.7 Å². The Morgan fingerprint density at radius 2 is 1.25 bits per heavy atom. The van der Waals surface area contributed by atoms with Crippen LogP contribution in [0.15, 0.2) is 72.8 Å². The zero-order valence-electron chi connectivity index (χ0n) is 20.2. The van der Waals surface area contributed by atoms with Gasteiger partial charge in [-0.15, -0.1) is 0 Å². The minimum Gasteiger partial charge on any atom is -0.507 e. The van der Waals surface area contributed by atoms with Gasteiger partial charge in [-0.3, -0.25) is 0 Å². The van der Waals surface area contributed by atoms with E-state index in [9.17, 15) is 5.11 Å². The molecule has 4 rings (SSSR count). The van der Waals surface area contributed by atoms with E-state index in [1.807, 2.05) is 0 Å². The highest BCUT2D eigenvalue weighted by Crippen LogP contribution is 2.40. The summed E-state index contributed by atoms with van der Waals surface area (Å²) >= 11 is 0. The van der Waals surface area contributed by atoms with E-state index in [2.05, 4.69) is 120 Å². The van der Waals surface area contributed by atoms with Gasteiger partial charge in [-0.05, 0) is 73.2 Å². The Morgan fingerprint density at radius 1 is 0.688 bits per heavy atom. The molecule has 0 spiro atoms. The lowest BCUT2D eigenvalue weighted by molar-refractivity contribution is 0.423. The molecular formula is C31H34O. The predicted octanol–water partition coefficient (Wildman–Crippen LogP) is 8.55. The highest BCUT2D eigenvalue weighted by atomic mass is 16.3. The molecule has 0 aliphatic rings. The minimum absolute atomic E-state index is 0.111. The molecule has 0 saturated heterocycles. The number of hydrogen-bond acceptors (Lipinski definition) is 1. The molecule has 1 N–H and O–H groups in total. The molecule has 0 unspecified atom stereocenters. The summed E-state index contributed by atoms with van der Waals surface area (Å²) in [5.41, 5.74) is 4.29. The summed E-state index contributed by atoms with van der Waals surface area (Å²) < 4.78 is 0. The first-order valence-electron chi connectivity index (χ1n) is 11.5. The highest BCUT2D eigenvalue weighted by Gasteiger charge is 2.26. The van der Waals surface area contributed by atoms with Gasteiger partial charge < -0.3 is 5.11 Å². The summed E-state index contributed by atoms with van der Waals surface area (Å²) in [5, 5.41) is 16.1. The lowest BCUT2D eigenvalue weighted by Crippen LogP contribution is -2.17. The van der Waals surface area contributed by atoms with Crippen LogP contribution < -0.4 is 0 Å². The monoisotopic (exact) mass is 422 g/mol. The maximum atomic E-state index is 11.0. The van der Waals surface area contributed by atoms with Crippen LogP contribution in [0.5, 0.6) is 5.75 Å². The average Bonchev–Trinajstić information content (AvgIpc) is 2.71. The molecule has 1 nitrogen and oxygen atoms in total. The molecule has 0 heterocycles. The van der Waals surface area contributed by atoms with E-state index in [-0.39, 0.29) is 10.8 Å². The van der Waals surface area contributed by atoms with Crippen molar-refractivity contribution in [3.05, 3.63) is 95.1 Å². The van der Waals surface area contributed by atoms with E-state index < -0.39 is 0 Å². The highest BCUT2D eigenvalue weighted by molar-refractivity contribution is 6.01. The molecule has 4 aromatic carbocycles. The molecule has 0 saturated carbocycles. The van der Waals surface area contributed by atoms with Crippen molar-refractivity contribution in [3.63, 3.8) is 0 Å². The zero-order valence-corrected chi connectivity index (χ0v) is 20.2. The molecular weight excluding hydrogens is 388 g/mol. The van der Waals surface area contributed by atoms with Crippen LogP contribution >= 0.6 is 0 Å². The zero-order chi connectivity index (χ0) is 23.1. The van der Waals surface area contributed by atoms with Crippen molar-refractivity contribution in [3.8, 4) is 5.75 Å². The molecule has 0 radical (unpaired) electrons. The molecule has 0 aliphatic carbocycles. The van der Waals surface area contributed by atoms with Crippen molar-refractivity contribution in [1.82, 2.24) is 0 Å². The number of rotatable bonds is 3. The molecule has 0 fully saturated rings. The fourth-order valence-electron chi connectivity index (χ4n) is 4.41. The Morgan fingerprint density at radius 3 is 1.84 bits per heavy atom. The van der Waals surface area contributed by atoms with Crippen LogP contribution in [0.1, 0.15) is 63.8 Å². The maximum Gasteiger partial charge on any atom is 0.123 e. The average molecular weight is 423 g/mol. The first-order chi connectivity index (χ1) is 15.0. The molecule has 1 heteroatoms. The van der Waals surface area contributed by atoms with Gasteiger partial charge in [-0.2, -0.15) is 0 Å². The molecule has 0 amide bonds. The normalized spacial score (nSPS) is 12.8. The van der Waals surface area contributed by atoms with E-state index in [0.717, 1.165) is 17.5 Å². The Kier molecular flexibility index (Phi) is 5.63. The van der Waals surface area contributed by atoms with Gasteiger partial charge in [0, 0.05) is 0 Å². The van der Waals surface area contributed by atoms with Crippen molar-refractivity contribution < 1.29 is 5.11 Å². The van der Waals surface area contributed by atoms with Crippen LogP contribution in [0, 0.1) is 0 Å². The Balaban J connectivity index is 1.71. The second-order valence-electron chi connectivity index (χ2n) is 10.9. The summed E-state index contributed by atoms with van der Waals surface area (Å²) in [7, 11) is 0. The third-order valence-electron chi connectivity index (χ3n) is 6.22. The Hall–Kier alpha value is -3.06. The van der Waals surface area contributed by atoms with E-state index >= 15 is 0 Å². The van der Waals surface area contributed by atoms with Crippen molar-refractivity contribution in [1.29, 1.82) is 0 Å². The van der Waals surface area contributed by atoms with Crippen LogP contribution in [0.4, 0.5) is 0 Å². The van der Waals surface area contributed by atoms with Crippen molar-refractivity contribution in [2.45, 2.75) is 58.8 Å². The van der Waals surface area contributed by atoms with Crippen LogP contribution in [0.25, 0.3) is 27.6 Å². The lowest BCUT2D eigenvalue weighted by atomic mass is 9.78. The molecule has 32 heavy (non-hydrogen) atoms. The molecule has 0 bridgehead atoms. The van der Waals surface area contributed by atoms with Gasteiger partial charge in [0.05, 0.1) is 0 Å². The van der Waals surface area contributed by atoms with Gasteiger partial charge in [0.2, 0.25) is 0 Å². The summed E-state index contributed by atoms with van der Waals surface area (Å²) in [6, 6.07) is 23.9. The SMILES string of the molecule is CC(C)(C)c1cc(CC=Cc2cccc3cc4ccccc4cc23)cc(C(C)(C)C)c1O. The Labute approximate surface area is 192 Å². The van der Waals surface area contributed by atoms with Crippen LogP contribution in [-0.2, 0) is 17.3 Å². The fraction of sp³-hybridized carbons (Fsp3) is 0.290. The fourth-order valence-corrected chi connectivity index (χ4v) is 4.41. The number of fused-ring (bicyclic) bond motifs is 2. The van der Waals surface area contributed by atoms with Gasteiger partial charge in [-0.25, -0.2) is 0 Å². The van der Waals surface area contributed by atoms with Gasteiger partial charge in [0.15, 0.2) is 0 Å². The summed E-state index contributed by atoms with van der Waals surface area (Å²) in [4.78, 5) is 0. The second-order valence-corrected chi connectivity index (χ2v) is 10.9. The number of allylic oxidation sites excluding steroid dienone is 1. The lowest BCUT2D eigenvalue weighted by Gasteiger charge is -2.28. The quantitative estimate of drug-likeness (QED) is 0.328. The van der Waals surface area contributed by atoms with Crippen LogP contribution in [0.2, 0.25) is 0 Å². The first-order valence-corrected chi connectivity index (χ1v) is 11.5. The van der Waals surface area contributed by atoms with E-state index in [0.29, 0.717) is 5.75 Å². The number of hydrogen-bond donors (Lipinski definition) is 1. The number of phenols is 1. The summed E-state index contributed by atoms with van der Waals surface area (Å²) in [6.45, 7) is 13.0. The summed E-state index contributed by atoms with van der Waals surface area (Å²) in [5.74, 6) is 0.443. The largest absolute Gasteiger partial charge is 0.507 e. The van der Waals surface area contributed by atoms with Crippen LogP contribution in [0.3, 0.4) is 0 Å². The molecule has 0 aromatic heterocycles. The van der Waals surface area contributed by atoms with Crippen molar-refractivity contribution >= 4 is 27.6 Å². The third kappa shape index (κ3) is 4.43. The predicted molar refractivity (Wildman–Crippen MR) is 140 cm³/mol. The minimum atomic E-state index is -0.111. The number of benzene rings is 4. The maximum absolute atomic E-state index is 11.0. The van der Waals surface area contributed by atoms with Gasteiger partial charge in [-0.1, -0.05) is 108 Å². The smallest absolute Gasteiger partial charge is 0.123 e. The summed E-state index contributed by atoms with van der Waals surface area (Å²) in [6.07, 6.45) is 5.31. The standard InChI is InChI=1S/C31H34O/c1-30(2,3)27-17-21(18-28(29(27)32)31(4,5)6)11-9-14-22-15-10-16-25-19-23-12-7-8-13-24(23)20-26(22)25/h7-10,12-20,32H,11H2,1-6H3. The molecule has 4 aromatic rings.